The lowest BCUT2D eigenvalue weighted by atomic mass is 10.1. The van der Waals surface area contributed by atoms with Crippen molar-refractivity contribution in [1.29, 1.82) is 0 Å². The fraction of sp³-hybridized carbons (Fsp3) is 0.353. The van der Waals surface area contributed by atoms with Gasteiger partial charge in [-0.05, 0) is 25.5 Å². The third kappa shape index (κ3) is 2.98. The van der Waals surface area contributed by atoms with Crippen LogP contribution in [0.25, 0.3) is 22.6 Å². The fourth-order valence-corrected chi connectivity index (χ4v) is 4.98. The molecule has 1 N–H and O–H groups in total. The van der Waals surface area contributed by atoms with Crippen molar-refractivity contribution in [3.8, 4) is 28.4 Å². The van der Waals surface area contributed by atoms with E-state index in [2.05, 4.69) is 20.3 Å². The fourth-order valence-electron chi connectivity index (χ4n) is 3.29. The average Bonchev–Trinajstić information content (AvgIpc) is 3.32. The van der Waals surface area contributed by atoms with Crippen LogP contribution in [0.15, 0.2) is 30.5 Å². The molecule has 0 aliphatic carbocycles. The maximum Gasteiger partial charge on any atom is 0.162 e. The van der Waals surface area contributed by atoms with Crippen molar-refractivity contribution in [2.24, 2.45) is 0 Å². The van der Waals surface area contributed by atoms with Crippen LogP contribution < -0.4 is 4.74 Å². The summed E-state index contributed by atoms with van der Waals surface area (Å²) in [6.07, 6.45) is 2.24. The van der Waals surface area contributed by atoms with Gasteiger partial charge in [0.25, 0.3) is 0 Å². The average molecular weight is 373 g/mol. The Balaban J connectivity index is 1.80. The Bertz CT molecular complexity index is 1050. The quantitative estimate of drug-likeness (QED) is 0.750. The number of aromatic amines is 1. The monoisotopic (exact) mass is 373 g/mol. The number of aromatic nitrogens is 5. The van der Waals surface area contributed by atoms with Crippen molar-refractivity contribution in [3.63, 3.8) is 0 Å². The number of H-pyrrole nitrogens is 1. The van der Waals surface area contributed by atoms with Crippen molar-refractivity contribution in [2.75, 3.05) is 18.6 Å². The van der Waals surface area contributed by atoms with Crippen molar-refractivity contribution in [3.05, 3.63) is 36.3 Å². The van der Waals surface area contributed by atoms with Crippen molar-refractivity contribution in [1.82, 2.24) is 25.0 Å². The molecule has 1 fully saturated rings. The van der Waals surface area contributed by atoms with E-state index in [1.807, 2.05) is 24.3 Å². The number of sulfone groups is 1. The van der Waals surface area contributed by atoms with Gasteiger partial charge in [0, 0.05) is 5.56 Å². The zero-order chi connectivity index (χ0) is 18.3. The Labute approximate surface area is 151 Å². The molecule has 1 aliphatic rings. The van der Waals surface area contributed by atoms with Gasteiger partial charge in [0.15, 0.2) is 15.7 Å². The standard InChI is InChI=1S/C17H19N5O3S/c1-11-19-17(22(21-11)13-6-7-26(23,24)10-13)15-9-18-20-16(15)12-4-3-5-14(8-12)25-2/h3-5,8-9,13H,6-7,10H2,1-2H3,(H,18,20). The molecule has 26 heavy (non-hydrogen) atoms. The van der Waals surface area contributed by atoms with Crippen LogP contribution in [0.1, 0.15) is 18.3 Å². The van der Waals surface area contributed by atoms with Gasteiger partial charge in [-0.2, -0.15) is 10.2 Å². The molecule has 1 atom stereocenters. The highest BCUT2D eigenvalue weighted by molar-refractivity contribution is 7.91. The predicted octanol–water partition coefficient (Wildman–Crippen LogP) is 2.01. The lowest BCUT2D eigenvalue weighted by Gasteiger charge is -2.12. The van der Waals surface area contributed by atoms with Crippen LogP contribution in [-0.2, 0) is 9.84 Å². The number of methoxy groups -OCH3 is 1. The summed E-state index contributed by atoms with van der Waals surface area (Å²) in [5.41, 5.74) is 2.48. The number of hydrogen-bond acceptors (Lipinski definition) is 6. The summed E-state index contributed by atoms with van der Waals surface area (Å²) in [5.74, 6) is 2.24. The van der Waals surface area contributed by atoms with Gasteiger partial charge in [0.2, 0.25) is 0 Å². The van der Waals surface area contributed by atoms with Crippen LogP contribution in [0.3, 0.4) is 0 Å². The van der Waals surface area contributed by atoms with Crippen LogP contribution in [0, 0.1) is 6.92 Å². The van der Waals surface area contributed by atoms with E-state index < -0.39 is 9.84 Å². The number of rotatable bonds is 4. The summed E-state index contributed by atoms with van der Waals surface area (Å²) in [5, 5.41) is 11.6. The first kappa shape index (κ1) is 16.8. The highest BCUT2D eigenvalue weighted by atomic mass is 32.2. The zero-order valence-electron chi connectivity index (χ0n) is 14.5. The van der Waals surface area contributed by atoms with Gasteiger partial charge in [-0.25, -0.2) is 18.1 Å². The second-order valence-electron chi connectivity index (χ2n) is 6.37. The maximum atomic E-state index is 11.9. The number of hydrogen-bond donors (Lipinski definition) is 1. The van der Waals surface area contributed by atoms with Gasteiger partial charge in [0.05, 0.1) is 42.1 Å². The Morgan fingerprint density at radius 2 is 2.19 bits per heavy atom. The van der Waals surface area contributed by atoms with E-state index in [1.54, 1.807) is 24.9 Å². The smallest absolute Gasteiger partial charge is 0.162 e. The molecule has 0 amide bonds. The molecule has 0 spiro atoms. The molecule has 1 unspecified atom stereocenters. The van der Waals surface area contributed by atoms with E-state index in [0.29, 0.717) is 18.1 Å². The molecule has 1 aromatic carbocycles. The molecule has 0 saturated carbocycles. The van der Waals surface area contributed by atoms with Gasteiger partial charge in [-0.15, -0.1) is 0 Å². The summed E-state index contributed by atoms with van der Waals surface area (Å²) in [6, 6.07) is 7.43. The molecule has 136 valence electrons. The minimum absolute atomic E-state index is 0.0924. The molecule has 3 aromatic rings. The topological polar surface area (TPSA) is 103 Å². The van der Waals surface area contributed by atoms with Gasteiger partial charge >= 0.3 is 0 Å². The van der Waals surface area contributed by atoms with E-state index in [9.17, 15) is 8.42 Å². The van der Waals surface area contributed by atoms with Crippen LogP contribution >= 0.6 is 0 Å². The molecule has 3 heterocycles. The highest BCUT2D eigenvalue weighted by Gasteiger charge is 2.32. The third-order valence-corrected chi connectivity index (χ3v) is 6.28. The minimum Gasteiger partial charge on any atom is -0.497 e. The zero-order valence-corrected chi connectivity index (χ0v) is 15.3. The number of benzene rings is 1. The van der Waals surface area contributed by atoms with E-state index in [-0.39, 0.29) is 17.5 Å². The van der Waals surface area contributed by atoms with Crippen LogP contribution in [-0.4, -0.2) is 52.0 Å². The van der Waals surface area contributed by atoms with Crippen molar-refractivity contribution in [2.45, 2.75) is 19.4 Å². The van der Waals surface area contributed by atoms with Gasteiger partial charge in [-0.3, -0.25) is 5.10 Å². The molecular formula is C17H19N5O3S. The Hall–Kier alpha value is -2.68. The number of ether oxygens (including phenoxy) is 1. The predicted molar refractivity (Wildman–Crippen MR) is 96.6 cm³/mol. The highest BCUT2D eigenvalue weighted by Crippen LogP contribution is 2.34. The van der Waals surface area contributed by atoms with E-state index in [0.717, 1.165) is 22.6 Å². The molecule has 9 heteroatoms. The first-order chi connectivity index (χ1) is 12.5. The number of aryl methyl sites for hydroxylation is 1. The second-order valence-corrected chi connectivity index (χ2v) is 8.60. The third-order valence-electron chi connectivity index (χ3n) is 4.53. The Kier molecular flexibility index (Phi) is 4.03. The van der Waals surface area contributed by atoms with Crippen molar-refractivity contribution >= 4 is 9.84 Å². The lowest BCUT2D eigenvalue weighted by Crippen LogP contribution is -2.14. The summed E-state index contributed by atoms with van der Waals surface area (Å²) in [6.45, 7) is 1.80. The minimum atomic E-state index is -3.02. The van der Waals surface area contributed by atoms with Gasteiger partial charge in [0.1, 0.15) is 11.6 Å². The van der Waals surface area contributed by atoms with Crippen LogP contribution in [0.5, 0.6) is 5.75 Å². The molecule has 0 radical (unpaired) electrons. The second kappa shape index (κ2) is 6.24. The van der Waals surface area contributed by atoms with E-state index >= 15 is 0 Å². The summed E-state index contributed by atoms with van der Waals surface area (Å²) < 4.78 is 30.8. The SMILES string of the molecule is COc1cccc(-c2[nH]ncc2-c2nc(C)nn2C2CCS(=O)(=O)C2)c1. The lowest BCUT2D eigenvalue weighted by molar-refractivity contribution is 0.415. The molecule has 0 bridgehead atoms. The molecule has 8 nitrogen and oxygen atoms in total. The first-order valence-corrected chi connectivity index (χ1v) is 10.1. The number of nitrogens with one attached hydrogen (secondary N) is 1. The number of nitrogens with zero attached hydrogens (tertiary/aromatic N) is 4. The summed E-state index contributed by atoms with van der Waals surface area (Å²) >= 11 is 0. The summed E-state index contributed by atoms with van der Waals surface area (Å²) in [4.78, 5) is 4.54. The van der Waals surface area contributed by atoms with E-state index in [1.165, 1.54) is 0 Å². The summed E-state index contributed by atoms with van der Waals surface area (Å²) in [7, 11) is -1.40. The largest absolute Gasteiger partial charge is 0.497 e. The van der Waals surface area contributed by atoms with Crippen molar-refractivity contribution < 1.29 is 13.2 Å². The molecular weight excluding hydrogens is 354 g/mol. The van der Waals surface area contributed by atoms with Gasteiger partial charge < -0.3 is 4.74 Å². The van der Waals surface area contributed by atoms with Crippen LogP contribution in [0.2, 0.25) is 0 Å². The molecule has 1 aliphatic heterocycles. The molecule has 1 saturated heterocycles. The first-order valence-electron chi connectivity index (χ1n) is 8.28. The maximum absolute atomic E-state index is 11.9. The normalized spacial score (nSPS) is 18.9. The van der Waals surface area contributed by atoms with E-state index in [4.69, 9.17) is 4.74 Å². The van der Waals surface area contributed by atoms with Gasteiger partial charge in [-0.1, -0.05) is 12.1 Å². The van der Waals surface area contributed by atoms with Crippen LogP contribution in [0.4, 0.5) is 0 Å². The Morgan fingerprint density at radius 3 is 2.92 bits per heavy atom. The molecule has 4 rings (SSSR count). The Morgan fingerprint density at radius 1 is 1.35 bits per heavy atom. The molecule has 2 aromatic heterocycles.